The fourth-order valence-electron chi connectivity index (χ4n) is 3.90. The number of carbonyl (C=O) groups is 2. The molecule has 0 bridgehead atoms. The van der Waals surface area contributed by atoms with E-state index in [0.717, 1.165) is 28.7 Å². The number of fused-ring (bicyclic) bond motifs is 1. The minimum absolute atomic E-state index is 0.0143. The van der Waals surface area contributed by atoms with E-state index in [4.69, 9.17) is 9.15 Å². The number of ether oxygens (including phenoxy) is 1. The van der Waals surface area contributed by atoms with E-state index >= 15 is 0 Å². The molecule has 2 amide bonds. The highest BCUT2D eigenvalue weighted by atomic mass is 32.1. The van der Waals surface area contributed by atoms with Crippen molar-refractivity contribution in [2.75, 3.05) is 26.7 Å². The average molecular weight is 427 g/mol. The highest BCUT2D eigenvalue weighted by molar-refractivity contribution is 7.09. The van der Waals surface area contributed by atoms with Gasteiger partial charge in [0, 0.05) is 47.4 Å². The molecule has 1 saturated heterocycles. The lowest BCUT2D eigenvalue weighted by molar-refractivity contribution is -0.135. The second-order valence-corrected chi connectivity index (χ2v) is 8.61. The van der Waals surface area contributed by atoms with Crippen LogP contribution in [0.4, 0.5) is 0 Å². The molecule has 1 aromatic carbocycles. The number of benzene rings is 1. The number of nitrogens with one attached hydrogen (secondary N) is 1. The highest BCUT2D eigenvalue weighted by Gasteiger charge is 2.27. The lowest BCUT2D eigenvalue weighted by atomic mass is 9.95. The Morgan fingerprint density at radius 3 is 2.83 bits per heavy atom. The van der Waals surface area contributed by atoms with Crippen molar-refractivity contribution in [2.24, 2.45) is 5.92 Å². The minimum Gasteiger partial charge on any atom is -0.497 e. The van der Waals surface area contributed by atoms with Crippen molar-refractivity contribution in [3.05, 3.63) is 52.4 Å². The van der Waals surface area contributed by atoms with Crippen LogP contribution in [-0.2, 0) is 22.4 Å². The van der Waals surface area contributed by atoms with E-state index in [1.54, 1.807) is 24.7 Å². The van der Waals surface area contributed by atoms with Crippen LogP contribution in [0.5, 0.6) is 5.75 Å². The zero-order valence-electron chi connectivity index (χ0n) is 17.1. The second-order valence-electron chi connectivity index (χ2n) is 7.58. The fraction of sp³-hybridized carbons (Fsp3) is 0.391. The Morgan fingerprint density at radius 2 is 2.10 bits per heavy atom. The first-order valence-corrected chi connectivity index (χ1v) is 11.1. The van der Waals surface area contributed by atoms with Crippen LogP contribution in [0.15, 0.2) is 46.4 Å². The molecule has 6 nitrogen and oxygen atoms in total. The van der Waals surface area contributed by atoms with Crippen LogP contribution in [0, 0.1) is 5.92 Å². The van der Waals surface area contributed by atoms with E-state index in [2.05, 4.69) is 11.4 Å². The predicted molar refractivity (Wildman–Crippen MR) is 117 cm³/mol. The molecule has 3 aromatic rings. The zero-order chi connectivity index (χ0) is 20.9. The zero-order valence-corrected chi connectivity index (χ0v) is 17.9. The van der Waals surface area contributed by atoms with Gasteiger partial charge < -0.3 is 19.4 Å². The van der Waals surface area contributed by atoms with E-state index < -0.39 is 0 Å². The monoisotopic (exact) mass is 426 g/mol. The van der Waals surface area contributed by atoms with Crippen LogP contribution in [0.1, 0.15) is 23.3 Å². The van der Waals surface area contributed by atoms with E-state index in [9.17, 15) is 9.59 Å². The number of thiophene rings is 1. The van der Waals surface area contributed by atoms with Gasteiger partial charge in [-0.15, -0.1) is 11.3 Å². The number of furan rings is 1. The van der Waals surface area contributed by atoms with Gasteiger partial charge >= 0.3 is 0 Å². The summed E-state index contributed by atoms with van der Waals surface area (Å²) >= 11 is 1.71. The lowest BCUT2D eigenvalue weighted by Gasteiger charge is -2.31. The molecule has 2 aromatic heterocycles. The molecule has 0 atom stereocenters. The first kappa shape index (κ1) is 20.5. The number of rotatable bonds is 7. The summed E-state index contributed by atoms with van der Waals surface area (Å²) in [5.74, 6) is 0.892. The summed E-state index contributed by atoms with van der Waals surface area (Å²) in [5.41, 5.74) is 1.60. The van der Waals surface area contributed by atoms with Crippen molar-refractivity contribution in [1.82, 2.24) is 10.2 Å². The topological polar surface area (TPSA) is 71.8 Å². The van der Waals surface area contributed by atoms with Gasteiger partial charge in [0.2, 0.25) is 11.8 Å². The molecule has 1 fully saturated rings. The number of nitrogens with zero attached hydrogens (tertiary/aromatic N) is 1. The Bertz CT molecular complexity index is 1000. The van der Waals surface area contributed by atoms with Crippen molar-refractivity contribution in [2.45, 2.75) is 25.7 Å². The smallest absolute Gasteiger partial charge is 0.227 e. The third-order valence-electron chi connectivity index (χ3n) is 5.67. The number of carbonyl (C=O) groups excluding carboxylic acids is 2. The molecule has 0 unspecified atom stereocenters. The highest BCUT2D eigenvalue weighted by Crippen LogP contribution is 2.27. The maximum atomic E-state index is 12.8. The van der Waals surface area contributed by atoms with Gasteiger partial charge in [0.1, 0.15) is 11.3 Å². The van der Waals surface area contributed by atoms with Crippen LogP contribution in [0.3, 0.4) is 0 Å². The molecular weight excluding hydrogens is 400 g/mol. The molecule has 3 heterocycles. The largest absolute Gasteiger partial charge is 0.497 e. The molecule has 0 spiro atoms. The van der Waals surface area contributed by atoms with Crippen molar-refractivity contribution < 1.29 is 18.7 Å². The van der Waals surface area contributed by atoms with Gasteiger partial charge in [-0.3, -0.25) is 9.59 Å². The molecule has 1 N–H and O–H groups in total. The van der Waals surface area contributed by atoms with Crippen molar-refractivity contribution in [3.8, 4) is 5.75 Å². The van der Waals surface area contributed by atoms with Crippen molar-refractivity contribution >= 4 is 34.1 Å². The molecule has 0 saturated carbocycles. The van der Waals surface area contributed by atoms with Gasteiger partial charge in [-0.25, -0.2) is 0 Å². The fourth-order valence-corrected chi connectivity index (χ4v) is 4.61. The molecule has 158 valence electrons. The van der Waals surface area contributed by atoms with E-state index in [0.29, 0.717) is 38.9 Å². The summed E-state index contributed by atoms with van der Waals surface area (Å²) in [6, 6.07) is 9.73. The molecule has 30 heavy (non-hydrogen) atoms. The minimum atomic E-state index is -0.0143. The summed E-state index contributed by atoms with van der Waals surface area (Å²) in [5, 5.41) is 6.03. The Balaban J connectivity index is 1.25. The normalized spacial score (nSPS) is 14.8. The molecule has 0 aliphatic carbocycles. The predicted octanol–water partition coefficient (Wildman–Crippen LogP) is 3.64. The quantitative estimate of drug-likeness (QED) is 0.626. The van der Waals surface area contributed by atoms with Gasteiger partial charge in [-0.1, -0.05) is 6.07 Å². The molecule has 1 aliphatic rings. The number of methoxy groups -OCH3 is 1. The Kier molecular flexibility index (Phi) is 6.38. The number of likely N-dealkylation sites (tertiary alicyclic amines) is 1. The summed E-state index contributed by atoms with van der Waals surface area (Å²) in [6.45, 7) is 1.90. The van der Waals surface area contributed by atoms with Crippen LogP contribution in [0.25, 0.3) is 11.0 Å². The van der Waals surface area contributed by atoms with Crippen molar-refractivity contribution in [3.63, 3.8) is 0 Å². The molecule has 4 rings (SSSR count). The Hall–Kier alpha value is -2.80. The van der Waals surface area contributed by atoms with Crippen LogP contribution < -0.4 is 10.1 Å². The Labute approximate surface area is 179 Å². The lowest BCUT2D eigenvalue weighted by Crippen LogP contribution is -2.43. The molecule has 1 aliphatic heterocycles. The van der Waals surface area contributed by atoms with Crippen LogP contribution in [0.2, 0.25) is 0 Å². The molecule has 0 radical (unpaired) electrons. The summed E-state index contributed by atoms with van der Waals surface area (Å²) < 4.78 is 10.8. The van der Waals surface area contributed by atoms with Crippen LogP contribution >= 0.6 is 11.3 Å². The van der Waals surface area contributed by atoms with E-state index in [-0.39, 0.29) is 17.7 Å². The van der Waals surface area contributed by atoms with Gasteiger partial charge in [-0.2, -0.15) is 0 Å². The third-order valence-corrected chi connectivity index (χ3v) is 6.61. The number of hydrogen-bond donors (Lipinski definition) is 1. The number of piperidine rings is 1. The Morgan fingerprint density at radius 1 is 1.27 bits per heavy atom. The van der Waals surface area contributed by atoms with Gasteiger partial charge in [0.05, 0.1) is 19.8 Å². The molecule has 7 heteroatoms. The first-order chi connectivity index (χ1) is 14.6. The maximum Gasteiger partial charge on any atom is 0.227 e. The van der Waals surface area contributed by atoms with Gasteiger partial charge in [0.15, 0.2) is 0 Å². The van der Waals surface area contributed by atoms with Gasteiger partial charge in [-0.05, 0) is 42.8 Å². The maximum absolute atomic E-state index is 12.8. The van der Waals surface area contributed by atoms with Crippen molar-refractivity contribution in [1.29, 1.82) is 0 Å². The number of hydrogen-bond acceptors (Lipinski definition) is 5. The standard InChI is InChI=1S/C23H26N2O4S/c1-28-18-4-5-20-17(15-29-21(20)14-18)13-22(26)25-10-7-16(8-11-25)23(27)24-9-6-19-3-2-12-30-19/h2-5,12,14-16H,6-11,13H2,1H3,(H,24,27). The summed E-state index contributed by atoms with van der Waals surface area (Å²) in [4.78, 5) is 28.3. The molecular formula is C23H26N2O4S. The van der Waals surface area contributed by atoms with E-state index in [1.807, 2.05) is 34.5 Å². The summed E-state index contributed by atoms with van der Waals surface area (Å²) in [7, 11) is 1.61. The average Bonchev–Trinajstić information content (AvgIpc) is 3.43. The summed E-state index contributed by atoms with van der Waals surface area (Å²) in [6.07, 6.45) is 4.23. The third kappa shape index (κ3) is 4.67. The van der Waals surface area contributed by atoms with E-state index in [1.165, 1.54) is 4.88 Å². The van der Waals surface area contributed by atoms with Crippen LogP contribution in [-0.4, -0.2) is 43.5 Å². The van der Waals surface area contributed by atoms with Gasteiger partial charge in [0.25, 0.3) is 0 Å². The SMILES string of the molecule is COc1ccc2c(CC(=O)N3CCC(C(=O)NCCc4cccs4)CC3)coc2c1. The first-order valence-electron chi connectivity index (χ1n) is 10.3. The second kappa shape index (κ2) is 9.34. The number of amides is 2.